The highest BCUT2D eigenvalue weighted by Gasteiger charge is 2.17. The molecule has 1 aromatic rings. The first-order valence-corrected chi connectivity index (χ1v) is 5.67. The second kappa shape index (κ2) is 8.29. The van der Waals surface area contributed by atoms with Gasteiger partial charge in [0.25, 0.3) is 0 Å². The van der Waals surface area contributed by atoms with E-state index in [0.717, 1.165) is 30.9 Å². The maximum atomic E-state index is 11.7. The molecule has 1 aliphatic rings. The van der Waals surface area contributed by atoms with Gasteiger partial charge < -0.3 is 10.6 Å². The number of anilines is 1. The standard InChI is InChI=1S/C12H17N3O.2ClH/c1-9-6-11(3-5-14-9)15-12(16)7-10-2-4-13-8-10;;/h3,5-6,10,13H,2,4,7-8H2,1H3,(H,14,15,16);2*1H. The van der Waals surface area contributed by atoms with Crippen molar-refractivity contribution in [2.45, 2.75) is 19.8 Å². The summed E-state index contributed by atoms with van der Waals surface area (Å²) in [5.41, 5.74) is 1.75. The minimum absolute atomic E-state index is 0. The third-order valence-electron chi connectivity index (χ3n) is 2.82. The number of halogens is 2. The van der Waals surface area contributed by atoms with Crippen LogP contribution in [-0.2, 0) is 4.79 Å². The molecule has 0 spiro atoms. The molecule has 0 saturated carbocycles. The smallest absolute Gasteiger partial charge is 0.224 e. The minimum Gasteiger partial charge on any atom is -0.326 e. The zero-order chi connectivity index (χ0) is 11.4. The number of hydrogen-bond acceptors (Lipinski definition) is 3. The summed E-state index contributed by atoms with van der Waals surface area (Å²) in [7, 11) is 0. The monoisotopic (exact) mass is 291 g/mol. The molecule has 0 radical (unpaired) electrons. The van der Waals surface area contributed by atoms with Gasteiger partial charge in [0, 0.05) is 24.0 Å². The molecular formula is C12H19Cl2N3O. The van der Waals surface area contributed by atoms with Crippen molar-refractivity contribution in [3.63, 3.8) is 0 Å². The van der Waals surface area contributed by atoms with E-state index in [0.29, 0.717) is 12.3 Å². The average Bonchev–Trinajstić information content (AvgIpc) is 2.70. The summed E-state index contributed by atoms with van der Waals surface area (Å²) in [6, 6.07) is 3.70. The Morgan fingerprint density at radius 3 is 2.94 bits per heavy atom. The van der Waals surface area contributed by atoms with Crippen LogP contribution in [0.4, 0.5) is 5.69 Å². The molecule has 1 aromatic heterocycles. The molecule has 0 aliphatic carbocycles. The lowest BCUT2D eigenvalue weighted by molar-refractivity contribution is -0.116. The Morgan fingerprint density at radius 1 is 1.56 bits per heavy atom. The molecule has 0 bridgehead atoms. The Labute approximate surface area is 120 Å². The lowest BCUT2D eigenvalue weighted by atomic mass is 10.0. The predicted octanol–water partition coefficient (Wildman–Crippen LogP) is 2.17. The summed E-state index contributed by atoms with van der Waals surface area (Å²) in [5, 5.41) is 6.16. The third-order valence-corrected chi connectivity index (χ3v) is 2.82. The van der Waals surface area contributed by atoms with Gasteiger partial charge in [0.15, 0.2) is 0 Å². The van der Waals surface area contributed by atoms with Crippen molar-refractivity contribution in [2.75, 3.05) is 18.4 Å². The molecule has 1 fully saturated rings. The van der Waals surface area contributed by atoms with E-state index in [-0.39, 0.29) is 30.7 Å². The van der Waals surface area contributed by atoms with Crippen molar-refractivity contribution >= 4 is 36.4 Å². The minimum atomic E-state index is 0. The number of carbonyl (C=O) groups excluding carboxylic acids is 1. The van der Waals surface area contributed by atoms with Crippen LogP contribution in [0.3, 0.4) is 0 Å². The van der Waals surface area contributed by atoms with Crippen LogP contribution in [-0.4, -0.2) is 24.0 Å². The number of amides is 1. The molecule has 6 heteroatoms. The molecule has 2 N–H and O–H groups in total. The first-order chi connectivity index (χ1) is 7.74. The zero-order valence-corrected chi connectivity index (χ0v) is 11.9. The summed E-state index contributed by atoms with van der Waals surface area (Å²) in [6.07, 6.45) is 3.42. The first-order valence-electron chi connectivity index (χ1n) is 5.67. The van der Waals surface area contributed by atoms with E-state index >= 15 is 0 Å². The van der Waals surface area contributed by atoms with Gasteiger partial charge in [-0.05, 0) is 44.5 Å². The Morgan fingerprint density at radius 2 is 2.33 bits per heavy atom. The van der Waals surface area contributed by atoms with E-state index in [9.17, 15) is 4.79 Å². The van der Waals surface area contributed by atoms with Crippen molar-refractivity contribution in [2.24, 2.45) is 5.92 Å². The van der Waals surface area contributed by atoms with Gasteiger partial charge in [-0.1, -0.05) is 0 Å². The van der Waals surface area contributed by atoms with Gasteiger partial charge in [-0.15, -0.1) is 24.8 Å². The summed E-state index contributed by atoms with van der Waals surface area (Å²) >= 11 is 0. The van der Waals surface area contributed by atoms with Gasteiger partial charge in [-0.25, -0.2) is 0 Å². The first kappa shape index (κ1) is 17.2. The van der Waals surface area contributed by atoms with E-state index in [1.54, 1.807) is 6.20 Å². The summed E-state index contributed by atoms with van der Waals surface area (Å²) in [6.45, 7) is 3.91. The van der Waals surface area contributed by atoms with Crippen molar-refractivity contribution in [3.05, 3.63) is 24.0 Å². The van der Waals surface area contributed by atoms with Gasteiger partial charge >= 0.3 is 0 Å². The van der Waals surface area contributed by atoms with Crippen molar-refractivity contribution < 1.29 is 4.79 Å². The second-order valence-electron chi connectivity index (χ2n) is 4.30. The Hall–Kier alpha value is -0.840. The van der Waals surface area contributed by atoms with Crippen LogP contribution < -0.4 is 10.6 Å². The summed E-state index contributed by atoms with van der Waals surface area (Å²) in [5.74, 6) is 0.585. The number of aromatic nitrogens is 1. The van der Waals surface area contributed by atoms with Crippen LogP contribution in [0.25, 0.3) is 0 Å². The van der Waals surface area contributed by atoms with Crippen LogP contribution in [0.2, 0.25) is 0 Å². The fraction of sp³-hybridized carbons (Fsp3) is 0.500. The fourth-order valence-electron chi connectivity index (χ4n) is 1.99. The highest BCUT2D eigenvalue weighted by Crippen LogP contribution is 2.14. The highest BCUT2D eigenvalue weighted by molar-refractivity contribution is 5.90. The van der Waals surface area contributed by atoms with Gasteiger partial charge in [0.05, 0.1) is 0 Å². The van der Waals surface area contributed by atoms with Crippen LogP contribution in [0.5, 0.6) is 0 Å². The van der Waals surface area contributed by atoms with E-state index < -0.39 is 0 Å². The van der Waals surface area contributed by atoms with Crippen molar-refractivity contribution in [1.29, 1.82) is 0 Å². The van der Waals surface area contributed by atoms with E-state index in [2.05, 4.69) is 15.6 Å². The molecule has 2 rings (SSSR count). The Balaban J connectivity index is 0.00000144. The predicted molar refractivity (Wildman–Crippen MR) is 77.7 cm³/mol. The van der Waals surface area contributed by atoms with Gasteiger partial charge in [0.2, 0.25) is 5.91 Å². The van der Waals surface area contributed by atoms with Crippen LogP contribution >= 0.6 is 24.8 Å². The summed E-state index contributed by atoms with van der Waals surface area (Å²) in [4.78, 5) is 15.8. The lowest BCUT2D eigenvalue weighted by Crippen LogP contribution is -2.18. The topological polar surface area (TPSA) is 54.0 Å². The molecule has 1 unspecified atom stereocenters. The molecule has 4 nitrogen and oxygen atoms in total. The van der Waals surface area contributed by atoms with Crippen LogP contribution in [0.1, 0.15) is 18.5 Å². The lowest BCUT2D eigenvalue weighted by Gasteiger charge is -2.09. The maximum Gasteiger partial charge on any atom is 0.224 e. The number of aryl methyl sites for hydroxylation is 1. The quantitative estimate of drug-likeness (QED) is 0.897. The van der Waals surface area contributed by atoms with Gasteiger partial charge in [-0.2, -0.15) is 0 Å². The largest absolute Gasteiger partial charge is 0.326 e. The highest BCUT2D eigenvalue weighted by atomic mass is 35.5. The van der Waals surface area contributed by atoms with E-state index in [1.165, 1.54) is 0 Å². The number of carbonyl (C=O) groups is 1. The second-order valence-corrected chi connectivity index (χ2v) is 4.30. The zero-order valence-electron chi connectivity index (χ0n) is 10.3. The van der Waals surface area contributed by atoms with Crippen LogP contribution in [0.15, 0.2) is 18.3 Å². The van der Waals surface area contributed by atoms with Crippen LogP contribution in [0, 0.1) is 12.8 Å². The summed E-state index contributed by atoms with van der Waals surface area (Å²) < 4.78 is 0. The Bertz CT molecular complexity index is 381. The third kappa shape index (κ3) is 5.21. The van der Waals surface area contributed by atoms with Gasteiger partial charge in [-0.3, -0.25) is 9.78 Å². The number of rotatable bonds is 3. The molecule has 102 valence electrons. The number of hydrogen-bond donors (Lipinski definition) is 2. The maximum absolute atomic E-state index is 11.7. The molecular weight excluding hydrogens is 273 g/mol. The number of nitrogens with one attached hydrogen (secondary N) is 2. The molecule has 2 heterocycles. The molecule has 0 aromatic carbocycles. The van der Waals surface area contributed by atoms with Gasteiger partial charge in [0.1, 0.15) is 0 Å². The SMILES string of the molecule is Cc1cc(NC(=O)CC2CCNC2)ccn1.Cl.Cl. The van der Waals surface area contributed by atoms with E-state index in [1.807, 2.05) is 19.1 Å². The number of pyridine rings is 1. The van der Waals surface area contributed by atoms with Crippen molar-refractivity contribution in [1.82, 2.24) is 10.3 Å². The average molecular weight is 292 g/mol. The normalized spacial score (nSPS) is 17.5. The molecule has 1 atom stereocenters. The molecule has 18 heavy (non-hydrogen) atoms. The fourth-order valence-corrected chi connectivity index (χ4v) is 1.99. The molecule has 1 amide bonds. The number of nitrogens with zero attached hydrogens (tertiary/aromatic N) is 1. The molecule has 1 saturated heterocycles. The van der Waals surface area contributed by atoms with Crippen molar-refractivity contribution in [3.8, 4) is 0 Å². The molecule has 1 aliphatic heterocycles. The Kier molecular flexibility index (Phi) is 7.91. The van der Waals surface area contributed by atoms with E-state index in [4.69, 9.17) is 0 Å².